The summed E-state index contributed by atoms with van der Waals surface area (Å²) in [4.78, 5) is 9.61. The lowest BCUT2D eigenvalue weighted by atomic mass is 9.89. The fourth-order valence-corrected chi connectivity index (χ4v) is 8.14. The molecule has 1 aliphatic rings. The number of carboxylic acid groups (broad SMARTS) is 1. The summed E-state index contributed by atoms with van der Waals surface area (Å²) >= 11 is 0. The third-order valence-corrected chi connectivity index (χ3v) is 11.3. The van der Waals surface area contributed by atoms with Crippen molar-refractivity contribution in [3.63, 3.8) is 0 Å². The molecule has 5 aromatic rings. The second kappa shape index (κ2) is 14.0. The second-order valence-corrected chi connectivity index (χ2v) is 16.8. The summed E-state index contributed by atoms with van der Waals surface area (Å²) in [6.07, 6.45) is -2.00. The third-order valence-electron chi connectivity index (χ3n) is 8.83. The summed E-state index contributed by atoms with van der Waals surface area (Å²) in [6, 6.07) is 17.3. The number of hydrogen-bond donors (Lipinski definition) is 7. The van der Waals surface area contributed by atoms with Crippen LogP contribution in [0.2, 0.25) is 0 Å². The van der Waals surface area contributed by atoms with Crippen molar-refractivity contribution in [3.05, 3.63) is 123 Å². The van der Waals surface area contributed by atoms with Crippen LogP contribution in [-0.2, 0) is 60.8 Å². The fraction of sp³-hybridized carbons (Fsp3) is 0.139. The van der Waals surface area contributed by atoms with E-state index in [9.17, 15) is 64.1 Å². The molecule has 0 radical (unpaired) electrons. The molecular weight excluding hydrogens is 769 g/mol. The Bertz CT molecular complexity index is 2550. The molecule has 282 valence electrons. The van der Waals surface area contributed by atoms with Crippen LogP contribution in [0.3, 0.4) is 0 Å². The van der Waals surface area contributed by atoms with E-state index in [-0.39, 0.29) is 50.3 Å². The first-order chi connectivity index (χ1) is 25.2. The van der Waals surface area contributed by atoms with E-state index in [2.05, 4.69) is 0 Å². The minimum absolute atomic E-state index is 0.0961. The molecule has 54 heavy (non-hydrogen) atoms. The fourth-order valence-electron chi connectivity index (χ4n) is 6.39. The molecule has 0 spiro atoms. The van der Waals surface area contributed by atoms with E-state index in [0.29, 0.717) is 11.1 Å². The first-order valence-electron chi connectivity index (χ1n) is 15.7. The summed E-state index contributed by atoms with van der Waals surface area (Å²) in [5.41, 5.74) is 0.111. The first-order valence-corrected chi connectivity index (χ1v) is 20.0. The minimum atomic E-state index is -4.99. The Morgan fingerprint density at radius 2 is 0.815 bits per heavy atom. The van der Waals surface area contributed by atoms with Gasteiger partial charge in [0.2, 0.25) is 0 Å². The van der Waals surface area contributed by atoms with Crippen molar-refractivity contribution in [2.24, 2.45) is 0 Å². The maximum absolute atomic E-state index is 12.5. The molecule has 0 heterocycles. The number of fused-ring (bicyclic) bond motifs is 8. The van der Waals surface area contributed by atoms with E-state index in [1.54, 1.807) is 42.5 Å². The van der Waals surface area contributed by atoms with Gasteiger partial charge in [0.15, 0.2) is 6.61 Å². The number of carbonyl (C=O) groups is 1. The zero-order valence-electron chi connectivity index (χ0n) is 27.7. The summed E-state index contributed by atoms with van der Waals surface area (Å²) in [5.74, 6) is -3.23. The normalized spacial score (nSPS) is 13.3. The van der Waals surface area contributed by atoms with E-state index in [1.165, 1.54) is 0 Å². The minimum Gasteiger partial charge on any atom is -0.507 e. The van der Waals surface area contributed by atoms with Crippen LogP contribution in [0.5, 0.6) is 23.0 Å². The quantitative estimate of drug-likeness (QED) is 0.111. The predicted octanol–water partition coefficient (Wildman–Crippen LogP) is 4.35. The molecule has 0 aromatic heterocycles. The Hall–Kier alpha value is -5.50. The Morgan fingerprint density at radius 1 is 0.500 bits per heavy atom. The Morgan fingerprint density at radius 3 is 1.11 bits per heavy atom. The van der Waals surface area contributed by atoms with E-state index in [1.807, 2.05) is 0 Å². The Balaban J connectivity index is 1.75. The average Bonchev–Trinajstić information content (AvgIpc) is 3.07. The first kappa shape index (κ1) is 38.2. The van der Waals surface area contributed by atoms with E-state index in [0.717, 1.165) is 36.4 Å². The van der Waals surface area contributed by atoms with Gasteiger partial charge in [0.1, 0.15) is 23.0 Å². The van der Waals surface area contributed by atoms with Crippen LogP contribution in [-0.4, -0.2) is 71.9 Å². The average molecular weight is 799 g/mol. The summed E-state index contributed by atoms with van der Waals surface area (Å²) < 4.78 is 111. The molecule has 0 saturated heterocycles. The van der Waals surface area contributed by atoms with Crippen LogP contribution >= 0.6 is 0 Å². The Kier molecular flexibility index (Phi) is 9.95. The molecule has 0 unspecified atom stereocenters. The largest absolute Gasteiger partial charge is 0.507 e. The topological polar surface area (TPSA) is 270 Å². The molecule has 1 aliphatic carbocycles. The zero-order chi connectivity index (χ0) is 39.3. The van der Waals surface area contributed by atoms with E-state index >= 15 is 0 Å². The SMILES string of the molecule is O=C(O)COc1c2cc(-c3ccccc3)cc1Cc1cc(S(=O)(=O)O)cc(c1O)Cc1cc(S(=O)(=O)O)cc(c1O)Cc1cc(S(=O)(=O)O)cc(c1O)C2. The van der Waals surface area contributed by atoms with Crippen LogP contribution in [0, 0.1) is 0 Å². The Labute approximate surface area is 308 Å². The maximum Gasteiger partial charge on any atom is 0.341 e. The standard InChI is InChI=1S/C36H30O15S3/c37-32(38)18-51-36-27-6-20(19-4-2-1-3-5-19)7-28(36)11-26-17-31(54(48,49)50)15-24(35(26)41)9-22-13-29(52(42,43)44)12-21(33(22)39)8-23-14-30(53(45,46)47)16-25(10-27)34(23)40/h1-7,12-17,39-41H,8-11,18H2,(H,37,38)(H,42,43,44)(H,45,46,47)(H,48,49,50). The molecule has 0 fully saturated rings. The zero-order valence-corrected chi connectivity index (χ0v) is 30.1. The van der Waals surface area contributed by atoms with Gasteiger partial charge in [-0.3, -0.25) is 13.7 Å². The van der Waals surface area contributed by atoms with Gasteiger partial charge < -0.3 is 25.2 Å². The van der Waals surface area contributed by atoms with Crippen LogP contribution in [0.1, 0.15) is 44.5 Å². The van der Waals surface area contributed by atoms with E-state index in [4.69, 9.17) is 4.74 Å². The van der Waals surface area contributed by atoms with Crippen molar-refractivity contribution in [1.82, 2.24) is 0 Å². The molecule has 0 saturated carbocycles. The van der Waals surface area contributed by atoms with Crippen LogP contribution in [0.4, 0.5) is 0 Å². The van der Waals surface area contributed by atoms with Gasteiger partial charge in [0.05, 0.1) is 14.7 Å². The lowest BCUT2D eigenvalue weighted by molar-refractivity contribution is -0.139. The number of benzene rings is 5. The molecule has 0 atom stereocenters. The summed E-state index contributed by atoms with van der Waals surface area (Å²) in [5, 5.41) is 44.2. The van der Waals surface area contributed by atoms with Crippen molar-refractivity contribution < 1.29 is 68.9 Å². The number of rotatable bonds is 7. The monoisotopic (exact) mass is 798 g/mol. The van der Waals surface area contributed by atoms with Crippen LogP contribution in [0.25, 0.3) is 11.1 Å². The smallest absolute Gasteiger partial charge is 0.341 e. The van der Waals surface area contributed by atoms with Gasteiger partial charge in [-0.2, -0.15) is 25.3 Å². The lowest BCUT2D eigenvalue weighted by Crippen LogP contribution is -2.13. The molecule has 5 aromatic carbocycles. The number of phenolic OH excluding ortho intramolecular Hbond substituents is 3. The molecule has 15 nitrogen and oxygen atoms in total. The molecule has 7 N–H and O–H groups in total. The number of ether oxygens (including phenoxy) is 1. The summed E-state index contributed by atoms with van der Waals surface area (Å²) in [6.45, 7) is -0.890. The number of phenols is 3. The van der Waals surface area contributed by atoms with Gasteiger partial charge in [-0.25, -0.2) is 4.79 Å². The highest BCUT2D eigenvalue weighted by Gasteiger charge is 2.26. The second-order valence-electron chi connectivity index (χ2n) is 12.6. The molecule has 6 rings (SSSR count). The highest BCUT2D eigenvalue weighted by Crippen LogP contribution is 2.41. The lowest BCUT2D eigenvalue weighted by Gasteiger charge is -2.21. The van der Waals surface area contributed by atoms with Crippen LogP contribution < -0.4 is 4.74 Å². The molecular formula is C36H30O15S3. The molecule has 0 aliphatic heterocycles. The summed E-state index contributed by atoms with van der Waals surface area (Å²) in [7, 11) is -14.9. The van der Waals surface area contributed by atoms with Crippen molar-refractivity contribution in [3.8, 4) is 34.1 Å². The van der Waals surface area contributed by atoms with E-state index < -0.39 is 101 Å². The van der Waals surface area contributed by atoms with Crippen molar-refractivity contribution in [2.75, 3.05) is 6.61 Å². The molecule has 18 heteroatoms. The highest BCUT2D eigenvalue weighted by atomic mass is 32.2. The van der Waals surface area contributed by atoms with Crippen LogP contribution in [0.15, 0.2) is 93.5 Å². The van der Waals surface area contributed by atoms with Crippen molar-refractivity contribution in [1.29, 1.82) is 0 Å². The van der Waals surface area contributed by atoms with Gasteiger partial charge in [-0.05, 0) is 70.8 Å². The van der Waals surface area contributed by atoms with Gasteiger partial charge in [0, 0.05) is 59.1 Å². The molecule has 8 bridgehead atoms. The van der Waals surface area contributed by atoms with Gasteiger partial charge >= 0.3 is 5.97 Å². The molecule has 0 amide bonds. The number of hydrogen-bond acceptors (Lipinski definition) is 11. The highest BCUT2D eigenvalue weighted by molar-refractivity contribution is 7.86. The van der Waals surface area contributed by atoms with Crippen molar-refractivity contribution in [2.45, 2.75) is 40.4 Å². The maximum atomic E-state index is 12.5. The van der Waals surface area contributed by atoms with Crippen molar-refractivity contribution >= 4 is 36.3 Å². The third kappa shape index (κ3) is 8.03. The number of aliphatic carboxylic acids is 1. The predicted molar refractivity (Wildman–Crippen MR) is 190 cm³/mol. The van der Waals surface area contributed by atoms with Gasteiger partial charge in [-0.15, -0.1) is 0 Å². The van der Waals surface area contributed by atoms with Gasteiger partial charge in [0.25, 0.3) is 30.4 Å². The number of carboxylic acids is 1. The van der Waals surface area contributed by atoms with Gasteiger partial charge in [-0.1, -0.05) is 30.3 Å². The number of aromatic hydroxyl groups is 3.